The van der Waals surface area contributed by atoms with Crippen molar-refractivity contribution in [2.75, 3.05) is 0 Å². The number of nitrogens with zero attached hydrogens (tertiary/aromatic N) is 1. The number of nitrogens with one attached hydrogen (secondary N) is 2. The summed E-state index contributed by atoms with van der Waals surface area (Å²) in [6, 6.07) is 25.4. The Labute approximate surface area is 196 Å². The lowest BCUT2D eigenvalue weighted by Crippen LogP contribution is -2.38. The lowest BCUT2D eigenvalue weighted by Gasteiger charge is -2.20. The first kappa shape index (κ1) is 24.2. The molecule has 5 heteroatoms. The number of amides is 2. The van der Waals surface area contributed by atoms with Crippen molar-refractivity contribution in [2.24, 2.45) is 0 Å². The van der Waals surface area contributed by atoms with Crippen LogP contribution in [-0.4, -0.2) is 16.8 Å². The minimum Gasteiger partial charge on any atom is -0.334 e. The van der Waals surface area contributed by atoms with Gasteiger partial charge >= 0.3 is 6.03 Å². The molecule has 3 rings (SSSR count). The first-order valence-corrected chi connectivity index (χ1v) is 11.8. The molecular formula is C28H33N3O2. The Morgan fingerprint density at radius 3 is 2.30 bits per heavy atom. The Morgan fingerprint density at radius 1 is 0.848 bits per heavy atom. The van der Waals surface area contributed by atoms with Gasteiger partial charge in [0, 0.05) is 24.9 Å². The van der Waals surface area contributed by atoms with Crippen molar-refractivity contribution in [1.82, 2.24) is 15.6 Å². The van der Waals surface area contributed by atoms with Gasteiger partial charge in [-0.15, -0.1) is 0 Å². The van der Waals surface area contributed by atoms with Crippen LogP contribution in [0.2, 0.25) is 0 Å². The molecule has 5 nitrogen and oxygen atoms in total. The van der Waals surface area contributed by atoms with E-state index in [4.69, 9.17) is 4.98 Å². The smallest absolute Gasteiger partial charge is 0.315 e. The summed E-state index contributed by atoms with van der Waals surface area (Å²) in [4.78, 5) is 29.1. The van der Waals surface area contributed by atoms with E-state index in [9.17, 15) is 9.59 Å². The summed E-state index contributed by atoms with van der Waals surface area (Å²) in [5.41, 5.74) is 3.83. The summed E-state index contributed by atoms with van der Waals surface area (Å²) in [5, 5.41) is 6.06. The number of pyridine rings is 1. The third-order valence-corrected chi connectivity index (χ3v) is 5.64. The second kappa shape index (κ2) is 13.2. The van der Waals surface area contributed by atoms with Gasteiger partial charge in [-0.25, -0.2) is 4.79 Å². The van der Waals surface area contributed by atoms with Crippen LogP contribution in [-0.2, 0) is 11.3 Å². The molecule has 33 heavy (non-hydrogen) atoms. The zero-order valence-electron chi connectivity index (χ0n) is 19.3. The van der Waals surface area contributed by atoms with E-state index in [0.29, 0.717) is 25.2 Å². The van der Waals surface area contributed by atoms with Crippen LogP contribution in [0.3, 0.4) is 0 Å². The van der Waals surface area contributed by atoms with Crippen molar-refractivity contribution in [3.8, 4) is 11.3 Å². The Morgan fingerprint density at radius 2 is 1.58 bits per heavy atom. The number of carbonyl (C=O) groups excluding carboxylic acids is 2. The standard InChI is InChI=1S/C28H33N3O2/c1-2-24(32)17-10-5-11-18-27(31-28(33)29-21-22-13-6-3-7-14-22)26-20-12-19-25(30-26)23-15-8-4-9-16-23/h3-4,6-9,12-16,19-20,27H,2,5,10-11,17-18,21H2,1H3,(H2,29,31,33). The minimum absolute atomic E-state index is 0.202. The number of benzene rings is 2. The Balaban J connectivity index is 1.65. The fourth-order valence-corrected chi connectivity index (χ4v) is 3.72. The summed E-state index contributed by atoms with van der Waals surface area (Å²) in [5.74, 6) is 0.308. The van der Waals surface area contributed by atoms with Crippen molar-refractivity contribution < 1.29 is 9.59 Å². The number of Topliss-reactive ketones (excluding diaryl/α,β-unsaturated/α-hetero) is 1. The van der Waals surface area contributed by atoms with E-state index >= 15 is 0 Å². The normalized spacial score (nSPS) is 11.5. The molecule has 0 aliphatic carbocycles. The third-order valence-electron chi connectivity index (χ3n) is 5.64. The van der Waals surface area contributed by atoms with Crippen LogP contribution >= 0.6 is 0 Å². The number of hydrogen-bond acceptors (Lipinski definition) is 3. The van der Waals surface area contributed by atoms with Crippen LogP contribution in [0.4, 0.5) is 4.79 Å². The van der Waals surface area contributed by atoms with Gasteiger partial charge in [-0.1, -0.05) is 86.5 Å². The summed E-state index contributed by atoms with van der Waals surface area (Å²) < 4.78 is 0. The van der Waals surface area contributed by atoms with E-state index in [1.165, 1.54) is 0 Å². The summed E-state index contributed by atoms with van der Waals surface area (Å²) in [6.07, 6.45) is 4.75. The molecule has 0 saturated heterocycles. The van der Waals surface area contributed by atoms with Gasteiger partial charge < -0.3 is 10.6 Å². The lowest BCUT2D eigenvalue weighted by molar-refractivity contribution is -0.118. The highest BCUT2D eigenvalue weighted by Crippen LogP contribution is 2.23. The molecule has 0 bridgehead atoms. The first-order chi connectivity index (χ1) is 16.2. The van der Waals surface area contributed by atoms with Gasteiger partial charge in [-0.3, -0.25) is 9.78 Å². The molecule has 0 fully saturated rings. The molecule has 2 aromatic carbocycles. The average molecular weight is 444 g/mol. The molecule has 1 atom stereocenters. The number of ketones is 1. The highest BCUT2D eigenvalue weighted by atomic mass is 16.2. The van der Waals surface area contributed by atoms with E-state index in [2.05, 4.69) is 10.6 Å². The SMILES string of the molecule is CCC(=O)CCCCCC(NC(=O)NCc1ccccc1)c1cccc(-c2ccccc2)n1. The average Bonchev–Trinajstić information content (AvgIpc) is 2.87. The third kappa shape index (κ3) is 8.19. The number of rotatable bonds is 12. The Hall–Kier alpha value is -3.47. The zero-order valence-corrected chi connectivity index (χ0v) is 19.3. The van der Waals surface area contributed by atoms with Crippen molar-refractivity contribution in [1.29, 1.82) is 0 Å². The minimum atomic E-state index is -0.211. The summed E-state index contributed by atoms with van der Waals surface area (Å²) in [7, 11) is 0. The molecule has 2 amide bonds. The zero-order chi connectivity index (χ0) is 23.3. The molecule has 0 aliphatic rings. The fourth-order valence-electron chi connectivity index (χ4n) is 3.72. The van der Waals surface area contributed by atoms with E-state index in [1.807, 2.05) is 85.8 Å². The number of urea groups is 1. The molecule has 1 aromatic heterocycles. The second-order valence-electron chi connectivity index (χ2n) is 8.17. The largest absolute Gasteiger partial charge is 0.334 e. The van der Waals surface area contributed by atoms with Gasteiger partial charge in [-0.05, 0) is 30.5 Å². The predicted molar refractivity (Wildman–Crippen MR) is 133 cm³/mol. The molecule has 1 heterocycles. The van der Waals surface area contributed by atoms with Gasteiger partial charge in [0.05, 0.1) is 17.4 Å². The number of unbranched alkanes of at least 4 members (excludes halogenated alkanes) is 2. The van der Waals surface area contributed by atoms with Crippen molar-refractivity contribution in [3.63, 3.8) is 0 Å². The van der Waals surface area contributed by atoms with Crippen LogP contribution in [0.25, 0.3) is 11.3 Å². The highest BCUT2D eigenvalue weighted by molar-refractivity contribution is 5.77. The van der Waals surface area contributed by atoms with Gasteiger partial charge in [0.1, 0.15) is 5.78 Å². The quantitative estimate of drug-likeness (QED) is 0.327. The number of carbonyl (C=O) groups is 2. The maximum Gasteiger partial charge on any atom is 0.315 e. The maximum atomic E-state index is 12.7. The van der Waals surface area contributed by atoms with Crippen LogP contribution in [0, 0.1) is 0 Å². The summed E-state index contributed by atoms with van der Waals surface area (Å²) in [6.45, 7) is 2.37. The Kier molecular flexibility index (Phi) is 9.64. The van der Waals surface area contributed by atoms with Gasteiger partial charge in [0.25, 0.3) is 0 Å². The number of hydrogen-bond donors (Lipinski definition) is 2. The van der Waals surface area contributed by atoms with Gasteiger partial charge in [-0.2, -0.15) is 0 Å². The van der Waals surface area contributed by atoms with Crippen LogP contribution in [0.15, 0.2) is 78.9 Å². The maximum absolute atomic E-state index is 12.7. The Bertz CT molecular complexity index is 1010. The monoisotopic (exact) mass is 443 g/mol. The van der Waals surface area contributed by atoms with E-state index < -0.39 is 0 Å². The fraction of sp³-hybridized carbons (Fsp3) is 0.321. The molecule has 0 saturated carbocycles. The molecule has 2 N–H and O–H groups in total. The van der Waals surface area contributed by atoms with E-state index in [-0.39, 0.29) is 12.1 Å². The molecule has 172 valence electrons. The molecule has 3 aromatic rings. The highest BCUT2D eigenvalue weighted by Gasteiger charge is 2.17. The van der Waals surface area contributed by atoms with Crippen LogP contribution in [0.5, 0.6) is 0 Å². The first-order valence-electron chi connectivity index (χ1n) is 11.8. The van der Waals surface area contributed by atoms with Crippen molar-refractivity contribution in [2.45, 2.75) is 58.0 Å². The van der Waals surface area contributed by atoms with Crippen molar-refractivity contribution in [3.05, 3.63) is 90.1 Å². The van der Waals surface area contributed by atoms with Crippen LogP contribution < -0.4 is 10.6 Å². The number of aromatic nitrogens is 1. The molecular weight excluding hydrogens is 410 g/mol. The molecule has 1 unspecified atom stereocenters. The topological polar surface area (TPSA) is 71.1 Å². The van der Waals surface area contributed by atoms with Crippen molar-refractivity contribution >= 4 is 11.8 Å². The molecule has 0 spiro atoms. The molecule has 0 aliphatic heterocycles. The lowest BCUT2D eigenvalue weighted by atomic mass is 10.0. The predicted octanol–water partition coefficient (Wildman–Crippen LogP) is 6.22. The summed E-state index contributed by atoms with van der Waals surface area (Å²) >= 11 is 0. The molecule has 0 radical (unpaired) electrons. The van der Waals surface area contributed by atoms with Gasteiger partial charge in [0.2, 0.25) is 0 Å². The van der Waals surface area contributed by atoms with E-state index in [0.717, 1.165) is 48.2 Å². The van der Waals surface area contributed by atoms with E-state index in [1.54, 1.807) is 0 Å². The van der Waals surface area contributed by atoms with Gasteiger partial charge in [0.15, 0.2) is 0 Å². The second-order valence-corrected chi connectivity index (χ2v) is 8.17. The van der Waals surface area contributed by atoms with Crippen LogP contribution in [0.1, 0.15) is 62.7 Å².